The highest BCUT2D eigenvalue weighted by Gasteiger charge is 2.39. The predicted octanol–water partition coefficient (Wildman–Crippen LogP) is 6.83. The van der Waals surface area contributed by atoms with E-state index in [-0.39, 0.29) is 22.8 Å². The molecular weight excluding hydrogens is 507 g/mol. The van der Waals surface area contributed by atoms with Crippen molar-refractivity contribution in [3.05, 3.63) is 113 Å². The lowest BCUT2D eigenvalue weighted by molar-refractivity contribution is 0.461. The van der Waals surface area contributed by atoms with Gasteiger partial charge >= 0.3 is 0 Å². The standard InChI is InChI=1S/C27H13F8P/c1-36(26-22(32)17(28)11-18(29)23(26)33,27-24(34)19(30)12-20(31)25(27)35)21-10-13-6-2-3-7-14(13)15-8-4-5-9-16(15)21/h2-12H,1H2. The molecule has 0 unspecified atom stereocenters. The summed E-state index contributed by atoms with van der Waals surface area (Å²) in [5.74, 6) is -15.3. The van der Waals surface area contributed by atoms with Crippen molar-refractivity contribution in [2.45, 2.75) is 0 Å². The van der Waals surface area contributed by atoms with E-state index in [4.69, 9.17) is 0 Å². The molecule has 0 aliphatic rings. The molecule has 0 spiro atoms. The van der Waals surface area contributed by atoms with Crippen LogP contribution in [0.2, 0.25) is 0 Å². The van der Waals surface area contributed by atoms with Crippen molar-refractivity contribution >= 4 is 50.6 Å². The molecule has 0 aliphatic carbocycles. The largest absolute Gasteiger partial charge is 0.204 e. The summed E-state index contributed by atoms with van der Waals surface area (Å²) in [6.07, 6.45) is 3.73. The maximum Gasteiger partial charge on any atom is 0.170 e. The summed E-state index contributed by atoms with van der Waals surface area (Å²) in [6.45, 7) is -4.74. The molecule has 5 aromatic carbocycles. The van der Waals surface area contributed by atoms with Gasteiger partial charge in [0, 0.05) is 12.1 Å². The monoisotopic (exact) mass is 520 g/mol. The Balaban J connectivity index is 2.10. The fraction of sp³-hybridized carbons (Fsp3) is 0. The first-order valence-electron chi connectivity index (χ1n) is 10.4. The van der Waals surface area contributed by atoms with Crippen LogP contribution in [0.4, 0.5) is 35.1 Å². The summed E-state index contributed by atoms with van der Waals surface area (Å²) in [5.41, 5.74) is 0. The van der Waals surface area contributed by atoms with Crippen molar-refractivity contribution < 1.29 is 35.1 Å². The minimum absolute atomic E-state index is 0.0735. The molecule has 0 amide bonds. The van der Waals surface area contributed by atoms with Crippen molar-refractivity contribution in [3.8, 4) is 0 Å². The second-order valence-electron chi connectivity index (χ2n) is 8.11. The van der Waals surface area contributed by atoms with Crippen molar-refractivity contribution in [3.63, 3.8) is 0 Å². The molecule has 0 nitrogen and oxygen atoms in total. The van der Waals surface area contributed by atoms with Gasteiger partial charge in [0.05, 0.1) is 10.6 Å². The molecule has 0 fully saturated rings. The fourth-order valence-corrected chi connectivity index (χ4v) is 7.93. The molecular formula is C27H13F8P. The lowest BCUT2D eigenvalue weighted by Gasteiger charge is -2.30. The maximum atomic E-state index is 15.3. The van der Waals surface area contributed by atoms with Gasteiger partial charge in [-0.1, -0.05) is 54.8 Å². The highest BCUT2D eigenvalue weighted by molar-refractivity contribution is 7.93. The Morgan fingerprint density at radius 3 is 1.33 bits per heavy atom. The molecule has 36 heavy (non-hydrogen) atoms. The second kappa shape index (κ2) is 8.49. The van der Waals surface area contributed by atoms with Crippen LogP contribution in [0.5, 0.6) is 0 Å². The zero-order chi connectivity index (χ0) is 25.9. The van der Waals surface area contributed by atoms with E-state index in [1.54, 1.807) is 36.4 Å². The quantitative estimate of drug-likeness (QED) is 0.106. The van der Waals surface area contributed by atoms with Gasteiger partial charge in [0.2, 0.25) is 0 Å². The molecule has 0 heterocycles. The van der Waals surface area contributed by atoms with E-state index in [0.717, 1.165) is 0 Å². The molecule has 0 N–H and O–H groups in total. The van der Waals surface area contributed by atoms with Crippen LogP contribution in [-0.4, -0.2) is 6.30 Å². The summed E-state index contributed by atoms with van der Waals surface area (Å²) in [6, 6.07) is 14.0. The minimum Gasteiger partial charge on any atom is -0.204 e. The smallest absolute Gasteiger partial charge is 0.170 e. The maximum absolute atomic E-state index is 15.3. The Morgan fingerprint density at radius 2 is 0.861 bits per heavy atom. The lowest BCUT2D eigenvalue weighted by atomic mass is 10.0. The van der Waals surface area contributed by atoms with Gasteiger partial charge in [-0.2, -0.15) is 0 Å². The Hall–Kier alpha value is -3.64. The highest BCUT2D eigenvalue weighted by atomic mass is 31.2. The van der Waals surface area contributed by atoms with Gasteiger partial charge in [-0.05, 0) is 39.8 Å². The third kappa shape index (κ3) is 3.35. The van der Waals surface area contributed by atoms with Crippen molar-refractivity contribution in [1.29, 1.82) is 0 Å². The first-order chi connectivity index (χ1) is 17.1. The van der Waals surface area contributed by atoms with Crippen LogP contribution < -0.4 is 15.9 Å². The van der Waals surface area contributed by atoms with E-state index in [1.165, 1.54) is 18.2 Å². The van der Waals surface area contributed by atoms with Gasteiger partial charge in [0.15, 0.2) is 46.5 Å². The molecule has 182 valence electrons. The van der Waals surface area contributed by atoms with Crippen LogP contribution in [0.3, 0.4) is 0 Å². The summed E-state index contributed by atoms with van der Waals surface area (Å²) in [5, 5.41) is -1.43. The van der Waals surface area contributed by atoms with Gasteiger partial charge in [0.1, 0.15) is 0 Å². The van der Waals surface area contributed by atoms with Crippen LogP contribution in [0.1, 0.15) is 0 Å². The summed E-state index contributed by atoms with van der Waals surface area (Å²) >= 11 is 0. The van der Waals surface area contributed by atoms with Crippen LogP contribution in [0.25, 0.3) is 21.5 Å². The van der Waals surface area contributed by atoms with Crippen LogP contribution in [-0.2, 0) is 0 Å². The van der Waals surface area contributed by atoms with E-state index in [0.29, 0.717) is 16.2 Å². The van der Waals surface area contributed by atoms with Crippen LogP contribution >= 0.6 is 6.89 Å². The molecule has 0 saturated carbocycles. The predicted molar refractivity (Wildman–Crippen MR) is 127 cm³/mol. The summed E-state index contributed by atoms with van der Waals surface area (Å²) < 4.78 is 119. The minimum atomic E-state index is -4.74. The van der Waals surface area contributed by atoms with Gasteiger partial charge in [-0.3, -0.25) is 0 Å². The van der Waals surface area contributed by atoms with E-state index in [2.05, 4.69) is 6.30 Å². The zero-order valence-corrected chi connectivity index (χ0v) is 18.9. The van der Waals surface area contributed by atoms with E-state index < -0.39 is 64.0 Å². The number of halogens is 8. The molecule has 9 heteroatoms. The summed E-state index contributed by atoms with van der Waals surface area (Å²) in [4.78, 5) is 0. The fourth-order valence-electron chi connectivity index (χ4n) is 4.49. The van der Waals surface area contributed by atoms with Gasteiger partial charge in [-0.25, -0.2) is 35.1 Å². The topological polar surface area (TPSA) is 0 Å². The first-order valence-corrected chi connectivity index (χ1v) is 12.4. The molecule has 0 aliphatic heterocycles. The van der Waals surface area contributed by atoms with Crippen molar-refractivity contribution in [2.24, 2.45) is 0 Å². The molecule has 0 atom stereocenters. The Labute approximate surface area is 199 Å². The van der Waals surface area contributed by atoms with E-state index >= 15 is 17.6 Å². The third-order valence-electron chi connectivity index (χ3n) is 6.10. The lowest BCUT2D eigenvalue weighted by Crippen LogP contribution is -2.35. The van der Waals surface area contributed by atoms with Gasteiger partial charge in [-0.15, -0.1) is 0 Å². The number of benzene rings is 5. The summed E-state index contributed by atoms with van der Waals surface area (Å²) in [7, 11) is 0. The number of hydrogen-bond acceptors (Lipinski definition) is 0. The van der Waals surface area contributed by atoms with Crippen molar-refractivity contribution in [2.75, 3.05) is 0 Å². The van der Waals surface area contributed by atoms with Gasteiger partial charge < -0.3 is 0 Å². The van der Waals surface area contributed by atoms with Crippen LogP contribution in [0, 0.1) is 46.5 Å². The molecule has 0 aromatic heterocycles. The van der Waals surface area contributed by atoms with Crippen LogP contribution in [0.15, 0.2) is 66.7 Å². The molecule has 0 radical (unpaired) electrons. The molecule has 5 rings (SSSR count). The normalized spacial score (nSPS) is 12.0. The van der Waals surface area contributed by atoms with E-state index in [9.17, 15) is 17.6 Å². The van der Waals surface area contributed by atoms with Crippen molar-refractivity contribution in [1.82, 2.24) is 0 Å². The Bertz CT molecular complexity index is 1640. The Morgan fingerprint density at radius 1 is 0.472 bits per heavy atom. The number of rotatable bonds is 3. The number of hydrogen-bond donors (Lipinski definition) is 0. The molecule has 0 bridgehead atoms. The third-order valence-corrected chi connectivity index (χ3v) is 9.60. The SMILES string of the molecule is C=P(c1c(F)c(F)cc(F)c1F)(c1c(F)c(F)cc(F)c1F)c1cc2ccccc2c2ccccc12. The zero-order valence-electron chi connectivity index (χ0n) is 18.0. The van der Waals surface area contributed by atoms with Gasteiger partial charge in [0.25, 0.3) is 0 Å². The second-order valence-corrected chi connectivity index (χ2v) is 11.1. The first kappa shape index (κ1) is 24.1. The average Bonchev–Trinajstić information content (AvgIpc) is 2.86. The molecule has 5 aromatic rings. The highest BCUT2D eigenvalue weighted by Crippen LogP contribution is 2.48. The molecule has 0 saturated heterocycles. The van der Waals surface area contributed by atoms with E-state index in [1.807, 2.05) is 0 Å². The Kier molecular flexibility index (Phi) is 5.67. The average molecular weight is 520 g/mol. The number of fused-ring (bicyclic) bond motifs is 3.